The third-order valence-electron chi connectivity index (χ3n) is 4.08. The van der Waals surface area contributed by atoms with E-state index in [-0.39, 0.29) is 0 Å². The number of aromatic amines is 1. The van der Waals surface area contributed by atoms with E-state index in [1.54, 1.807) is 7.11 Å². The molecule has 5 heteroatoms. The average Bonchev–Trinajstić information content (AvgIpc) is 3.23. The van der Waals surface area contributed by atoms with Gasteiger partial charge in [-0.05, 0) is 48.9 Å². The summed E-state index contributed by atoms with van der Waals surface area (Å²) < 4.78 is 7.42. The summed E-state index contributed by atoms with van der Waals surface area (Å²) in [5.74, 6) is 1.77. The highest BCUT2D eigenvalue weighted by atomic mass is 16.5. The minimum Gasteiger partial charge on any atom is -0.497 e. The zero-order valence-electron chi connectivity index (χ0n) is 13.2. The standard InChI is InChI=1S/C18H18N4O/c1-13-12-22(10-7-17(13)23-2)18-19-15-6-5-14(11-16(15)20-18)21-8-3-4-9-21/h3-11H,12H2,1-2H3,(H,19,20). The number of fused-ring (bicyclic) bond motifs is 1. The summed E-state index contributed by atoms with van der Waals surface area (Å²) in [6.07, 6.45) is 8.03. The van der Waals surface area contributed by atoms with Gasteiger partial charge >= 0.3 is 0 Å². The van der Waals surface area contributed by atoms with Gasteiger partial charge in [-0.1, -0.05) is 0 Å². The third-order valence-corrected chi connectivity index (χ3v) is 4.08. The van der Waals surface area contributed by atoms with Crippen LogP contribution < -0.4 is 4.90 Å². The number of hydrogen-bond acceptors (Lipinski definition) is 3. The van der Waals surface area contributed by atoms with Crippen LogP contribution in [0.3, 0.4) is 0 Å². The summed E-state index contributed by atoms with van der Waals surface area (Å²) in [5, 5.41) is 0. The van der Waals surface area contributed by atoms with Crippen molar-refractivity contribution in [3.8, 4) is 5.69 Å². The van der Waals surface area contributed by atoms with Crippen LogP contribution in [0.1, 0.15) is 6.92 Å². The predicted molar refractivity (Wildman–Crippen MR) is 91.6 cm³/mol. The Kier molecular flexibility index (Phi) is 3.19. The lowest BCUT2D eigenvalue weighted by Crippen LogP contribution is -2.23. The van der Waals surface area contributed by atoms with Crippen molar-refractivity contribution in [1.29, 1.82) is 0 Å². The summed E-state index contributed by atoms with van der Waals surface area (Å²) in [5.41, 5.74) is 4.29. The van der Waals surface area contributed by atoms with E-state index in [1.807, 2.05) is 42.9 Å². The maximum Gasteiger partial charge on any atom is 0.208 e. The molecule has 1 N–H and O–H groups in total. The van der Waals surface area contributed by atoms with Crippen LogP contribution >= 0.6 is 0 Å². The van der Waals surface area contributed by atoms with Gasteiger partial charge in [-0.2, -0.15) is 0 Å². The van der Waals surface area contributed by atoms with Crippen LogP contribution in [-0.2, 0) is 4.74 Å². The van der Waals surface area contributed by atoms with Gasteiger partial charge in [-0.25, -0.2) is 4.98 Å². The second kappa shape index (κ2) is 5.35. The van der Waals surface area contributed by atoms with E-state index in [2.05, 4.69) is 33.5 Å². The Bertz CT molecular complexity index is 902. The van der Waals surface area contributed by atoms with E-state index in [9.17, 15) is 0 Å². The summed E-state index contributed by atoms with van der Waals surface area (Å²) in [4.78, 5) is 10.2. The van der Waals surface area contributed by atoms with E-state index in [1.165, 1.54) is 5.57 Å². The first-order chi connectivity index (χ1) is 11.2. The predicted octanol–water partition coefficient (Wildman–Crippen LogP) is 3.61. The molecule has 0 bridgehead atoms. The van der Waals surface area contributed by atoms with Gasteiger partial charge < -0.3 is 19.2 Å². The highest BCUT2D eigenvalue weighted by molar-refractivity contribution is 5.80. The van der Waals surface area contributed by atoms with Gasteiger partial charge in [0.05, 0.1) is 24.7 Å². The topological polar surface area (TPSA) is 46.1 Å². The monoisotopic (exact) mass is 306 g/mol. The zero-order valence-corrected chi connectivity index (χ0v) is 13.2. The van der Waals surface area contributed by atoms with E-state index in [4.69, 9.17) is 9.72 Å². The minimum absolute atomic E-state index is 0.768. The minimum atomic E-state index is 0.768. The fourth-order valence-corrected chi connectivity index (χ4v) is 2.86. The number of nitrogens with one attached hydrogen (secondary N) is 1. The molecule has 116 valence electrons. The number of methoxy groups -OCH3 is 1. The van der Waals surface area contributed by atoms with E-state index >= 15 is 0 Å². The molecule has 0 saturated carbocycles. The maximum absolute atomic E-state index is 5.34. The van der Waals surface area contributed by atoms with Crippen LogP contribution in [0.15, 0.2) is 66.3 Å². The third kappa shape index (κ3) is 2.40. The van der Waals surface area contributed by atoms with Crippen molar-refractivity contribution in [2.45, 2.75) is 6.92 Å². The van der Waals surface area contributed by atoms with E-state index < -0.39 is 0 Å². The molecule has 0 amide bonds. The molecule has 0 atom stereocenters. The lowest BCUT2D eigenvalue weighted by Gasteiger charge is -2.22. The molecule has 2 aromatic heterocycles. The first-order valence-corrected chi connectivity index (χ1v) is 7.56. The molecule has 0 spiro atoms. The molecule has 1 aromatic carbocycles. The number of imidazole rings is 1. The van der Waals surface area contributed by atoms with Gasteiger partial charge in [0.25, 0.3) is 0 Å². The van der Waals surface area contributed by atoms with Crippen LogP contribution in [0.4, 0.5) is 5.95 Å². The van der Waals surface area contributed by atoms with Gasteiger partial charge in [0.1, 0.15) is 5.76 Å². The normalized spacial score (nSPS) is 14.8. The molecule has 0 radical (unpaired) electrons. The van der Waals surface area contributed by atoms with Crippen LogP contribution in [0.5, 0.6) is 0 Å². The Balaban J connectivity index is 1.68. The second-order valence-electron chi connectivity index (χ2n) is 5.64. The fourth-order valence-electron chi connectivity index (χ4n) is 2.86. The first kappa shape index (κ1) is 13.7. The Labute approximate surface area is 134 Å². The van der Waals surface area contributed by atoms with Crippen LogP contribution in [-0.4, -0.2) is 28.2 Å². The molecule has 3 aromatic rings. The Morgan fingerprint density at radius 2 is 2.04 bits per heavy atom. The number of hydrogen-bond donors (Lipinski definition) is 1. The number of H-pyrrole nitrogens is 1. The molecule has 5 nitrogen and oxygen atoms in total. The highest BCUT2D eigenvalue weighted by Crippen LogP contribution is 2.24. The lowest BCUT2D eigenvalue weighted by molar-refractivity contribution is 0.300. The molecule has 0 fully saturated rings. The number of anilines is 1. The first-order valence-electron chi connectivity index (χ1n) is 7.56. The Morgan fingerprint density at radius 1 is 1.22 bits per heavy atom. The van der Waals surface area contributed by atoms with Gasteiger partial charge in [0, 0.05) is 24.3 Å². The fraction of sp³-hybridized carbons (Fsp3) is 0.167. The van der Waals surface area contributed by atoms with Crippen LogP contribution in [0, 0.1) is 0 Å². The van der Waals surface area contributed by atoms with Gasteiger partial charge in [-0.3, -0.25) is 0 Å². The van der Waals surface area contributed by atoms with E-state index in [0.29, 0.717) is 0 Å². The smallest absolute Gasteiger partial charge is 0.208 e. The molecule has 0 aliphatic carbocycles. The summed E-state index contributed by atoms with van der Waals surface area (Å²) in [6, 6.07) is 10.3. The molecule has 23 heavy (non-hydrogen) atoms. The van der Waals surface area contributed by atoms with Crippen LogP contribution in [0.25, 0.3) is 16.7 Å². The number of allylic oxidation sites excluding steroid dienone is 1. The molecular formula is C18H18N4O. The van der Waals surface area contributed by atoms with Crippen molar-refractivity contribution < 1.29 is 4.74 Å². The largest absolute Gasteiger partial charge is 0.497 e. The van der Waals surface area contributed by atoms with Crippen molar-refractivity contribution in [3.05, 3.63) is 66.3 Å². The number of benzene rings is 1. The van der Waals surface area contributed by atoms with Crippen molar-refractivity contribution in [2.75, 3.05) is 18.6 Å². The van der Waals surface area contributed by atoms with Gasteiger partial charge in [0.15, 0.2) is 0 Å². The second-order valence-corrected chi connectivity index (χ2v) is 5.64. The number of nitrogens with zero attached hydrogens (tertiary/aromatic N) is 3. The van der Waals surface area contributed by atoms with Crippen molar-refractivity contribution in [3.63, 3.8) is 0 Å². The number of aromatic nitrogens is 3. The van der Waals surface area contributed by atoms with E-state index in [0.717, 1.165) is 35.0 Å². The maximum atomic E-state index is 5.34. The van der Waals surface area contributed by atoms with Gasteiger partial charge in [-0.15, -0.1) is 0 Å². The lowest BCUT2D eigenvalue weighted by atomic mass is 10.2. The number of ether oxygens (including phenoxy) is 1. The summed E-state index contributed by atoms with van der Waals surface area (Å²) >= 11 is 0. The molecule has 1 aliphatic rings. The summed E-state index contributed by atoms with van der Waals surface area (Å²) in [7, 11) is 1.70. The van der Waals surface area contributed by atoms with Gasteiger partial charge in [0.2, 0.25) is 5.95 Å². The molecule has 1 aliphatic heterocycles. The van der Waals surface area contributed by atoms with Crippen molar-refractivity contribution in [2.24, 2.45) is 0 Å². The Hall–Kier alpha value is -2.95. The average molecular weight is 306 g/mol. The molecule has 3 heterocycles. The highest BCUT2D eigenvalue weighted by Gasteiger charge is 2.15. The molecule has 0 unspecified atom stereocenters. The number of rotatable bonds is 3. The van der Waals surface area contributed by atoms with Crippen molar-refractivity contribution in [1.82, 2.24) is 14.5 Å². The zero-order chi connectivity index (χ0) is 15.8. The molecule has 0 saturated heterocycles. The molecular weight excluding hydrogens is 288 g/mol. The molecule has 4 rings (SSSR count). The SMILES string of the molecule is COC1=C(C)CN(c2nc3ccc(-n4cccc4)cc3[nH]2)C=C1. The Morgan fingerprint density at radius 3 is 2.78 bits per heavy atom. The van der Waals surface area contributed by atoms with Crippen LogP contribution in [0.2, 0.25) is 0 Å². The summed E-state index contributed by atoms with van der Waals surface area (Å²) in [6.45, 7) is 2.84. The quantitative estimate of drug-likeness (QED) is 0.804. The van der Waals surface area contributed by atoms with Crippen molar-refractivity contribution >= 4 is 17.0 Å².